The van der Waals surface area contributed by atoms with Crippen LogP contribution in [0.4, 0.5) is 0 Å². The van der Waals surface area contributed by atoms with Gasteiger partial charge in [-0.05, 0) is 31.6 Å². The summed E-state index contributed by atoms with van der Waals surface area (Å²) >= 11 is 0. The molecule has 0 heterocycles. The zero-order chi connectivity index (χ0) is 59.2. The van der Waals surface area contributed by atoms with Gasteiger partial charge in [0.05, 0.1) is 26.4 Å². The van der Waals surface area contributed by atoms with Crippen molar-refractivity contribution in [2.75, 3.05) is 39.6 Å². The van der Waals surface area contributed by atoms with Crippen molar-refractivity contribution in [3.05, 3.63) is 0 Å². The number of esters is 4. The maximum absolute atomic E-state index is 12.9. The third kappa shape index (κ3) is 55.3. The molecular formula is C61H118O17P2. The van der Waals surface area contributed by atoms with E-state index in [9.17, 15) is 43.2 Å². The Morgan fingerprint density at radius 1 is 0.338 bits per heavy atom. The maximum Gasteiger partial charge on any atom is 0.472 e. The molecule has 0 aromatic heterocycles. The molecule has 0 aromatic rings. The summed E-state index contributed by atoms with van der Waals surface area (Å²) < 4.78 is 67.6. The molecule has 0 saturated heterocycles. The predicted octanol–water partition coefficient (Wildman–Crippen LogP) is 16.6. The van der Waals surface area contributed by atoms with Crippen LogP contribution >= 0.6 is 15.6 Å². The molecular weight excluding hydrogens is 1070 g/mol. The molecule has 0 amide bonds. The van der Waals surface area contributed by atoms with Gasteiger partial charge in [0.2, 0.25) is 0 Å². The van der Waals surface area contributed by atoms with Crippen molar-refractivity contribution in [2.24, 2.45) is 5.92 Å². The van der Waals surface area contributed by atoms with Crippen molar-refractivity contribution in [1.82, 2.24) is 0 Å². The second-order valence-corrected chi connectivity index (χ2v) is 25.5. The van der Waals surface area contributed by atoms with Gasteiger partial charge in [0.25, 0.3) is 0 Å². The molecule has 0 aliphatic carbocycles. The topological polar surface area (TPSA) is 237 Å². The molecule has 0 aliphatic heterocycles. The summed E-state index contributed by atoms with van der Waals surface area (Å²) in [5, 5.41) is 10.5. The minimum atomic E-state index is -4.94. The quantitative estimate of drug-likeness (QED) is 0.0222. The second kappa shape index (κ2) is 55.0. The van der Waals surface area contributed by atoms with Crippen LogP contribution in [0.1, 0.15) is 304 Å². The van der Waals surface area contributed by atoms with Crippen LogP contribution in [0.3, 0.4) is 0 Å². The van der Waals surface area contributed by atoms with Crippen LogP contribution < -0.4 is 0 Å². The largest absolute Gasteiger partial charge is 0.472 e. The smallest absolute Gasteiger partial charge is 0.462 e. The van der Waals surface area contributed by atoms with Crippen molar-refractivity contribution in [3.63, 3.8) is 0 Å². The third-order valence-corrected chi connectivity index (χ3v) is 15.9. The van der Waals surface area contributed by atoms with E-state index in [2.05, 4.69) is 34.6 Å². The first-order valence-electron chi connectivity index (χ1n) is 32.1. The highest BCUT2D eigenvalue weighted by Crippen LogP contribution is 2.45. The first-order chi connectivity index (χ1) is 38.5. The molecule has 17 nitrogen and oxygen atoms in total. The van der Waals surface area contributed by atoms with E-state index in [0.29, 0.717) is 25.7 Å². The summed E-state index contributed by atoms with van der Waals surface area (Å²) in [6.07, 6.45) is 38.2. The highest BCUT2D eigenvalue weighted by atomic mass is 31.2. The van der Waals surface area contributed by atoms with Gasteiger partial charge >= 0.3 is 39.5 Å². The number of ether oxygens (including phenoxy) is 4. The van der Waals surface area contributed by atoms with E-state index in [1.807, 2.05) is 0 Å². The van der Waals surface area contributed by atoms with Crippen LogP contribution in [0.15, 0.2) is 0 Å². The van der Waals surface area contributed by atoms with Gasteiger partial charge in [-0.2, -0.15) is 0 Å². The number of phosphoric acid groups is 2. The Kier molecular flexibility index (Phi) is 53.6. The van der Waals surface area contributed by atoms with Crippen molar-refractivity contribution in [1.29, 1.82) is 0 Å². The number of carbonyl (C=O) groups is 4. The van der Waals surface area contributed by atoms with Crippen LogP contribution in [0.25, 0.3) is 0 Å². The Balaban J connectivity index is 5.13. The van der Waals surface area contributed by atoms with E-state index in [4.69, 9.17) is 37.0 Å². The number of aliphatic hydroxyl groups excluding tert-OH is 1. The lowest BCUT2D eigenvalue weighted by atomic mass is 10.0. The first-order valence-corrected chi connectivity index (χ1v) is 35.1. The van der Waals surface area contributed by atoms with Gasteiger partial charge in [0.15, 0.2) is 12.2 Å². The van der Waals surface area contributed by atoms with E-state index in [1.165, 1.54) is 109 Å². The van der Waals surface area contributed by atoms with E-state index >= 15 is 0 Å². The fourth-order valence-electron chi connectivity index (χ4n) is 9.05. The molecule has 19 heteroatoms. The van der Waals surface area contributed by atoms with Gasteiger partial charge in [-0.1, -0.05) is 253 Å². The average molecular weight is 1190 g/mol. The molecule has 2 unspecified atom stereocenters. The van der Waals surface area contributed by atoms with Crippen molar-refractivity contribution in [3.8, 4) is 0 Å². The summed E-state index contributed by atoms with van der Waals surface area (Å²) in [4.78, 5) is 71.7. The highest BCUT2D eigenvalue weighted by molar-refractivity contribution is 7.47. The van der Waals surface area contributed by atoms with Gasteiger partial charge in [0.1, 0.15) is 19.3 Å². The summed E-state index contributed by atoms with van der Waals surface area (Å²) in [6.45, 7) is 7.01. The number of aliphatic hydroxyl groups is 1. The fourth-order valence-corrected chi connectivity index (χ4v) is 10.6. The number of phosphoric ester groups is 2. The van der Waals surface area contributed by atoms with Crippen LogP contribution in [-0.4, -0.2) is 96.7 Å². The summed E-state index contributed by atoms with van der Waals surface area (Å²) in [6, 6.07) is 0. The Hall–Kier alpha value is -1.94. The normalized spacial score (nSPS) is 14.3. The van der Waals surface area contributed by atoms with Crippen LogP contribution in [0.5, 0.6) is 0 Å². The van der Waals surface area contributed by atoms with E-state index < -0.39 is 97.5 Å². The summed E-state index contributed by atoms with van der Waals surface area (Å²) in [7, 11) is -9.87. The molecule has 0 spiro atoms. The zero-order valence-electron chi connectivity index (χ0n) is 51.2. The molecule has 5 atom stereocenters. The molecule has 3 N–H and O–H groups in total. The number of carbonyl (C=O) groups excluding carboxylic acids is 4. The lowest BCUT2D eigenvalue weighted by Gasteiger charge is -2.21. The first kappa shape index (κ1) is 78.1. The maximum atomic E-state index is 12.9. The van der Waals surface area contributed by atoms with E-state index in [-0.39, 0.29) is 25.7 Å². The fraction of sp³-hybridized carbons (Fsp3) is 0.934. The second-order valence-electron chi connectivity index (χ2n) is 22.6. The molecule has 0 aliphatic rings. The molecule has 0 bridgehead atoms. The monoisotopic (exact) mass is 1180 g/mol. The Morgan fingerprint density at radius 3 is 0.850 bits per heavy atom. The summed E-state index contributed by atoms with van der Waals surface area (Å²) in [5.41, 5.74) is 0. The lowest BCUT2D eigenvalue weighted by Crippen LogP contribution is -2.30. The molecule has 474 valence electrons. The van der Waals surface area contributed by atoms with Gasteiger partial charge in [-0.15, -0.1) is 0 Å². The molecule has 0 aromatic carbocycles. The van der Waals surface area contributed by atoms with Crippen LogP contribution in [0, 0.1) is 5.92 Å². The number of unbranched alkanes of at least 4 members (excludes halogenated alkanes) is 33. The molecule has 80 heavy (non-hydrogen) atoms. The predicted molar refractivity (Wildman–Crippen MR) is 317 cm³/mol. The Labute approximate surface area is 486 Å². The summed E-state index contributed by atoms with van der Waals surface area (Å²) in [5.74, 6) is -1.43. The molecule has 0 radical (unpaired) electrons. The Bertz CT molecular complexity index is 1570. The van der Waals surface area contributed by atoms with Gasteiger partial charge in [-0.25, -0.2) is 9.13 Å². The van der Waals surface area contributed by atoms with Crippen LogP contribution in [-0.2, 0) is 65.4 Å². The standard InChI is InChI=1S/C61H118O17P2/c1-6-9-12-15-17-18-19-20-21-22-23-24-25-26-32-37-42-47-61(66)78-57(51-72-59(64)45-40-35-31-28-27-30-34-38-43-54(4)5)53-76-80(69,70)74-49-55(62)48-73-79(67,68)75-52-56(50-71-58(63)44-39-33-14-11-8-3)77-60(65)46-41-36-29-16-13-10-7-2/h54-57,62H,6-53H2,1-5H3,(H,67,68)(H,69,70)/t55-,56+,57+/m0/s1. The van der Waals surface area contributed by atoms with Crippen molar-refractivity contribution in [2.45, 2.75) is 323 Å². The third-order valence-electron chi connectivity index (χ3n) is 14.0. The lowest BCUT2D eigenvalue weighted by molar-refractivity contribution is -0.161. The number of hydrogen-bond acceptors (Lipinski definition) is 15. The van der Waals surface area contributed by atoms with Crippen molar-refractivity contribution < 1.29 is 80.2 Å². The van der Waals surface area contributed by atoms with Crippen LogP contribution in [0.2, 0.25) is 0 Å². The van der Waals surface area contributed by atoms with Crippen molar-refractivity contribution >= 4 is 39.5 Å². The van der Waals surface area contributed by atoms with Gasteiger partial charge in [0, 0.05) is 25.7 Å². The number of hydrogen-bond donors (Lipinski definition) is 3. The molecule has 0 saturated carbocycles. The molecule has 0 rings (SSSR count). The van der Waals surface area contributed by atoms with Gasteiger partial charge in [-0.3, -0.25) is 37.3 Å². The minimum absolute atomic E-state index is 0.103. The minimum Gasteiger partial charge on any atom is -0.462 e. The van der Waals surface area contributed by atoms with E-state index in [0.717, 1.165) is 115 Å². The Morgan fingerprint density at radius 2 is 0.575 bits per heavy atom. The SMILES string of the molecule is CCCCCCCCCCCCCCCCCCCC(=O)O[C@H](COC(=O)CCCCCCCCCCC(C)C)COP(=O)(O)OC[C@@H](O)COP(=O)(O)OC[C@@H](COC(=O)CCCCCCC)OC(=O)CCCCCCCCC. The van der Waals surface area contributed by atoms with Gasteiger partial charge < -0.3 is 33.8 Å². The highest BCUT2D eigenvalue weighted by Gasteiger charge is 2.30. The average Bonchev–Trinajstić information content (AvgIpc) is 3.42. The van der Waals surface area contributed by atoms with E-state index in [1.54, 1.807) is 0 Å². The number of rotatable bonds is 61. The molecule has 0 fully saturated rings. The zero-order valence-corrected chi connectivity index (χ0v) is 53.0.